The van der Waals surface area contributed by atoms with Gasteiger partial charge in [-0.25, -0.2) is 0 Å². The van der Waals surface area contributed by atoms with Crippen molar-refractivity contribution in [2.75, 3.05) is 12.3 Å². The van der Waals surface area contributed by atoms with Crippen LogP contribution in [0.3, 0.4) is 0 Å². The highest BCUT2D eigenvalue weighted by atomic mass is 32.1. The molecule has 2 N–H and O–H groups in total. The molecule has 0 rings (SSSR count). The number of hydrogen-bond acceptors (Lipinski definition) is 4. The maximum absolute atomic E-state index is 11.5. The minimum Gasteiger partial charge on any atom is -0.320 e. The van der Waals surface area contributed by atoms with Crippen molar-refractivity contribution in [3.63, 3.8) is 0 Å². The first-order valence-electron chi connectivity index (χ1n) is 4.23. The fraction of sp³-hybridized carbons (Fsp3) is 0.750. The van der Waals surface area contributed by atoms with E-state index < -0.39 is 6.04 Å². The van der Waals surface area contributed by atoms with Gasteiger partial charge in [0.25, 0.3) is 0 Å². The smallest absolute Gasteiger partial charge is 0.246 e. The summed E-state index contributed by atoms with van der Waals surface area (Å²) in [6.45, 7) is 3.48. The second-order valence-electron chi connectivity index (χ2n) is 2.75. The molecule has 0 aliphatic carbocycles. The molecule has 0 fully saturated rings. The molecule has 0 radical (unpaired) electrons. The zero-order chi connectivity index (χ0) is 10.4. The lowest BCUT2D eigenvalue weighted by Gasteiger charge is -2.21. The van der Waals surface area contributed by atoms with Crippen molar-refractivity contribution in [1.29, 1.82) is 0 Å². The van der Waals surface area contributed by atoms with Crippen LogP contribution in [0.15, 0.2) is 0 Å². The Hall–Kier alpha value is -0.550. The Morgan fingerprint density at radius 2 is 2.08 bits per heavy atom. The number of imide groups is 1. The highest BCUT2D eigenvalue weighted by Crippen LogP contribution is 1.98. The number of carbonyl (C=O) groups excluding carboxylic acids is 2. The van der Waals surface area contributed by atoms with Gasteiger partial charge in [-0.3, -0.25) is 14.5 Å². The first kappa shape index (κ1) is 12.4. The quantitative estimate of drug-likeness (QED) is 0.635. The number of thiol groups is 1. The fourth-order valence-electron chi connectivity index (χ4n) is 0.898. The molecule has 76 valence electrons. The number of nitrogens with zero attached hydrogens (tertiary/aromatic N) is 1. The Kier molecular flexibility index (Phi) is 5.73. The van der Waals surface area contributed by atoms with Gasteiger partial charge in [0.1, 0.15) is 0 Å². The van der Waals surface area contributed by atoms with E-state index in [0.717, 1.165) is 4.90 Å². The van der Waals surface area contributed by atoms with Crippen LogP contribution >= 0.6 is 12.6 Å². The van der Waals surface area contributed by atoms with E-state index in [1.165, 1.54) is 6.92 Å². The second-order valence-corrected chi connectivity index (χ2v) is 3.19. The molecule has 0 heterocycles. The zero-order valence-electron chi connectivity index (χ0n) is 7.99. The molecule has 0 spiro atoms. The van der Waals surface area contributed by atoms with Crippen molar-refractivity contribution in [3.05, 3.63) is 0 Å². The summed E-state index contributed by atoms with van der Waals surface area (Å²) >= 11 is 3.96. The number of carbonyl (C=O) groups is 2. The summed E-state index contributed by atoms with van der Waals surface area (Å²) < 4.78 is 0. The van der Waals surface area contributed by atoms with Gasteiger partial charge < -0.3 is 5.73 Å². The standard InChI is InChI=1S/C8H16N2O2S/c1-3-7(9)8(12)10(4-5-13)6(2)11/h7,13H,3-5,9H2,1-2H3/t7-/m0/s1. The average Bonchev–Trinajstić information content (AvgIpc) is 2.11. The van der Waals surface area contributed by atoms with E-state index in [-0.39, 0.29) is 11.8 Å². The minimum absolute atomic E-state index is 0.275. The highest BCUT2D eigenvalue weighted by molar-refractivity contribution is 7.80. The molecule has 5 heteroatoms. The number of nitrogens with two attached hydrogens (primary N) is 1. The molecule has 0 aromatic carbocycles. The lowest BCUT2D eigenvalue weighted by molar-refractivity contribution is -0.144. The second kappa shape index (κ2) is 5.99. The van der Waals surface area contributed by atoms with Gasteiger partial charge in [-0.05, 0) is 6.42 Å². The molecule has 2 amide bonds. The Balaban J connectivity index is 4.36. The third-order valence-electron chi connectivity index (χ3n) is 1.73. The van der Waals surface area contributed by atoms with E-state index in [4.69, 9.17) is 5.73 Å². The number of rotatable bonds is 4. The van der Waals surface area contributed by atoms with E-state index in [1.807, 2.05) is 6.92 Å². The number of hydrogen-bond donors (Lipinski definition) is 2. The van der Waals surface area contributed by atoms with Gasteiger partial charge in [-0.1, -0.05) is 6.92 Å². The average molecular weight is 204 g/mol. The predicted octanol–water partition coefficient (Wildman–Crippen LogP) is 0.0286. The van der Waals surface area contributed by atoms with Gasteiger partial charge in [0.2, 0.25) is 11.8 Å². The van der Waals surface area contributed by atoms with Crippen molar-refractivity contribution in [3.8, 4) is 0 Å². The molecule has 4 nitrogen and oxygen atoms in total. The fourth-order valence-corrected chi connectivity index (χ4v) is 1.10. The topological polar surface area (TPSA) is 63.4 Å². The van der Waals surface area contributed by atoms with Crippen LogP contribution in [0.5, 0.6) is 0 Å². The molecule has 0 saturated heterocycles. The van der Waals surface area contributed by atoms with Crippen LogP contribution in [0.4, 0.5) is 0 Å². The molecule has 0 bridgehead atoms. The first-order chi connectivity index (χ1) is 6.04. The molecular formula is C8H16N2O2S. The Morgan fingerprint density at radius 1 is 1.54 bits per heavy atom. The van der Waals surface area contributed by atoms with Gasteiger partial charge in [0.05, 0.1) is 6.04 Å². The molecule has 0 aliphatic heterocycles. The Bertz CT molecular complexity index is 197. The SMILES string of the molecule is CC[C@H](N)C(=O)N(CCS)C(C)=O. The lowest BCUT2D eigenvalue weighted by atomic mass is 10.2. The van der Waals surface area contributed by atoms with E-state index in [9.17, 15) is 9.59 Å². The van der Waals surface area contributed by atoms with Crippen molar-refractivity contribution >= 4 is 24.4 Å². The third kappa shape index (κ3) is 3.78. The van der Waals surface area contributed by atoms with Crippen molar-refractivity contribution < 1.29 is 9.59 Å². The van der Waals surface area contributed by atoms with Crippen LogP contribution in [0.2, 0.25) is 0 Å². The van der Waals surface area contributed by atoms with Gasteiger partial charge >= 0.3 is 0 Å². The van der Waals surface area contributed by atoms with Gasteiger partial charge in [-0.15, -0.1) is 0 Å². The van der Waals surface area contributed by atoms with Crippen molar-refractivity contribution in [2.24, 2.45) is 5.73 Å². The van der Waals surface area contributed by atoms with Gasteiger partial charge in [-0.2, -0.15) is 12.6 Å². The summed E-state index contributed by atoms with van der Waals surface area (Å²) in [5, 5.41) is 0. The summed E-state index contributed by atoms with van der Waals surface area (Å²) in [5.41, 5.74) is 5.52. The predicted molar refractivity (Wildman–Crippen MR) is 54.5 cm³/mol. The van der Waals surface area contributed by atoms with E-state index in [2.05, 4.69) is 12.6 Å². The monoisotopic (exact) mass is 204 g/mol. The summed E-state index contributed by atoms with van der Waals surface area (Å²) in [6, 6.07) is -0.580. The Labute approximate surface area is 83.9 Å². The lowest BCUT2D eigenvalue weighted by Crippen LogP contribution is -2.46. The summed E-state index contributed by atoms with van der Waals surface area (Å²) in [6.07, 6.45) is 0.537. The maximum Gasteiger partial charge on any atom is 0.246 e. The van der Waals surface area contributed by atoms with Crippen molar-refractivity contribution in [2.45, 2.75) is 26.3 Å². The van der Waals surface area contributed by atoms with Crippen LogP contribution in [-0.4, -0.2) is 35.1 Å². The first-order valence-corrected chi connectivity index (χ1v) is 4.86. The molecule has 0 aliphatic rings. The van der Waals surface area contributed by atoms with Gasteiger partial charge in [0, 0.05) is 19.2 Å². The highest BCUT2D eigenvalue weighted by Gasteiger charge is 2.21. The number of amides is 2. The van der Waals surface area contributed by atoms with Crippen LogP contribution < -0.4 is 5.73 Å². The van der Waals surface area contributed by atoms with E-state index in [0.29, 0.717) is 18.7 Å². The molecule has 0 aromatic heterocycles. The summed E-state index contributed by atoms with van der Waals surface area (Å²) in [4.78, 5) is 23.6. The summed E-state index contributed by atoms with van der Waals surface area (Å²) in [5.74, 6) is -0.131. The van der Waals surface area contributed by atoms with E-state index in [1.54, 1.807) is 0 Å². The molecule has 1 atom stereocenters. The largest absolute Gasteiger partial charge is 0.320 e. The molecule has 13 heavy (non-hydrogen) atoms. The molecular weight excluding hydrogens is 188 g/mol. The normalized spacial score (nSPS) is 12.3. The zero-order valence-corrected chi connectivity index (χ0v) is 8.88. The Morgan fingerprint density at radius 3 is 2.38 bits per heavy atom. The summed E-state index contributed by atoms with van der Waals surface area (Å²) in [7, 11) is 0. The molecule has 0 aromatic rings. The van der Waals surface area contributed by atoms with Crippen LogP contribution in [0.25, 0.3) is 0 Å². The van der Waals surface area contributed by atoms with Crippen LogP contribution in [0.1, 0.15) is 20.3 Å². The third-order valence-corrected chi connectivity index (χ3v) is 1.93. The molecule has 0 unspecified atom stereocenters. The van der Waals surface area contributed by atoms with Gasteiger partial charge in [0.15, 0.2) is 0 Å². The van der Waals surface area contributed by atoms with Crippen LogP contribution in [-0.2, 0) is 9.59 Å². The molecule has 0 saturated carbocycles. The van der Waals surface area contributed by atoms with Crippen LogP contribution in [0, 0.1) is 0 Å². The minimum atomic E-state index is -0.580. The maximum atomic E-state index is 11.5. The van der Waals surface area contributed by atoms with E-state index >= 15 is 0 Å². The van der Waals surface area contributed by atoms with Crippen molar-refractivity contribution in [1.82, 2.24) is 4.90 Å².